The highest BCUT2D eigenvalue weighted by molar-refractivity contribution is 8.00. The summed E-state index contributed by atoms with van der Waals surface area (Å²) in [4.78, 5) is 24.3. The number of amides is 2. The van der Waals surface area contributed by atoms with Gasteiger partial charge in [-0.1, -0.05) is 52.0 Å². The maximum atomic E-state index is 12.1. The quantitative estimate of drug-likeness (QED) is 0.248. The molecule has 2 rings (SSSR count). The maximum Gasteiger partial charge on any atom is 0.234 e. The van der Waals surface area contributed by atoms with Gasteiger partial charge in [0, 0.05) is 11.4 Å². The summed E-state index contributed by atoms with van der Waals surface area (Å²) in [5.41, 5.74) is 4.33. The largest absolute Gasteiger partial charge is 0.325 e. The fourth-order valence-electron chi connectivity index (χ4n) is 3.39. The molecule has 0 saturated heterocycles. The molecule has 0 aliphatic rings. The van der Waals surface area contributed by atoms with Gasteiger partial charge in [-0.25, -0.2) is 0 Å². The van der Waals surface area contributed by atoms with E-state index in [9.17, 15) is 9.59 Å². The number of nitrogens with one attached hydrogen (secondary N) is 2. The highest BCUT2D eigenvalue weighted by Crippen LogP contribution is 2.22. The number of benzene rings is 2. The van der Waals surface area contributed by atoms with Crippen LogP contribution in [0.1, 0.15) is 76.3 Å². The Bertz CT molecular complexity index is 795. The van der Waals surface area contributed by atoms with Crippen LogP contribution >= 0.6 is 23.5 Å². The number of anilines is 2. The second kappa shape index (κ2) is 15.9. The average molecular weight is 501 g/mol. The predicted octanol–water partition coefficient (Wildman–Crippen LogP) is 7.54. The standard InChI is InChI=1S/C28H40N2O2S2/c1-5-21(3)23-9-13-25(14-10-23)29-27(31)19-33-17-7-8-18-34-20-28(32)30-26-15-11-24(12-16-26)22(4)6-2/h9-16,21-22H,5-8,17-20H2,1-4H3,(H,29,31)(H,30,32)/t21-,22-/m1/s1. The van der Waals surface area contributed by atoms with Crippen molar-refractivity contribution >= 4 is 46.7 Å². The zero-order valence-electron chi connectivity index (χ0n) is 21.1. The van der Waals surface area contributed by atoms with Crippen molar-refractivity contribution in [2.45, 2.75) is 65.2 Å². The first-order valence-corrected chi connectivity index (χ1v) is 14.7. The molecule has 0 fully saturated rings. The van der Waals surface area contributed by atoms with Crippen LogP contribution in [0.2, 0.25) is 0 Å². The molecule has 0 spiro atoms. The van der Waals surface area contributed by atoms with Crippen molar-refractivity contribution in [3.8, 4) is 0 Å². The molecule has 0 aliphatic heterocycles. The molecule has 2 aromatic rings. The van der Waals surface area contributed by atoms with E-state index in [0.717, 1.165) is 48.6 Å². The van der Waals surface area contributed by atoms with Crippen molar-refractivity contribution in [3.05, 3.63) is 59.7 Å². The van der Waals surface area contributed by atoms with Crippen LogP contribution in [0.3, 0.4) is 0 Å². The molecular weight excluding hydrogens is 460 g/mol. The lowest BCUT2D eigenvalue weighted by atomic mass is 9.99. The minimum Gasteiger partial charge on any atom is -0.325 e. The number of unbranched alkanes of at least 4 members (excludes halogenated alkanes) is 1. The second-order valence-corrected chi connectivity index (χ2v) is 11.0. The summed E-state index contributed by atoms with van der Waals surface area (Å²) in [5.74, 6) is 4.02. The van der Waals surface area contributed by atoms with Gasteiger partial charge in [-0.2, -0.15) is 23.5 Å². The number of rotatable bonds is 15. The van der Waals surface area contributed by atoms with Crippen molar-refractivity contribution in [2.24, 2.45) is 0 Å². The van der Waals surface area contributed by atoms with E-state index in [1.165, 1.54) is 11.1 Å². The fraction of sp³-hybridized carbons (Fsp3) is 0.500. The van der Waals surface area contributed by atoms with Crippen LogP contribution < -0.4 is 10.6 Å². The van der Waals surface area contributed by atoms with E-state index in [4.69, 9.17) is 0 Å². The third kappa shape index (κ3) is 10.6. The molecule has 186 valence electrons. The number of carbonyl (C=O) groups is 2. The first-order valence-electron chi connectivity index (χ1n) is 12.4. The Balaban J connectivity index is 1.50. The van der Waals surface area contributed by atoms with Gasteiger partial charge in [-0.05, 0) is 84.4 Å². The summed E-state index contributed by atoms with van der Waals surface area (Å²) in [6, 6.07) is 16.3. The van der Waals surface area contributed by atoms with Gasteiger partial charge in [-0.15, -0.1) is 0 Å². The van der Waals surface area contributed by atoms with Crippen molar-refractivity contribution in [3.63, 3.8) is 0 Å². The number of carbonyl (C=O) groups excluding carboxylic acids is 2. The minimum absolute atomic E-state index is 0.0459. The minimum atomic E-state index is 0.0459. The summed E-state index contributed by atoms with van der Waals surface area (Å²) in [6.45, 7) is 8.79. The Kier molecular flexibility index (Phi) is 13.2. The molecule has 0 bridgehead atoms. The molecule has 0 saturated carbocycles. The maximum absolute atomic E-state index is 12.1. The van der Waals surface area contributed by atoms with Crippen LogP contribution in [0.15, 0.2) is 48.5 Å². The van der Waals surface area contributed by atoms with Gasteiger partial charge in [0.2, 0.25) is 11.8 Å². The first-order chi connectivity index (χ1) is 16.4. The van der Waals surface area contributed by atoms with Crippen LogP contribution in [0, 0.1) is 0 Å². The Morgan fingerprint density at radius 1 is 0.676 bits per heavy atom. The molecule has 2 aromatic carbocycles. The van der Waals surface area contributed by atoms with E-state index < -0.39 is 0 Å². The van der Waals surface area contributed by atoms with E-state index in [1.807, 2.05) is 24.3 Å². The lowest BCUT2D eigenvalue weighted by molar-refractivity contribution is -0.114. The molecule has 6 heteroatoms. The van der Waals surface area contributed by atoms with Crippen LogP contribution in [-0.2, 0) is 9.59 Å². The van der Waals surface area contributed by atoms with Gasteiger partial charge >= 0.3 is 0 Å². The third-order valence-corrected chi connectivity index (χ3v) is 8.13. The molecule has 2 atom stereocenters. The van der Waals surface area contributed by atoms with E-state index >= 15 is 0 Å². The smallest absolute Gasteiger partial charge is 0.234 e. The van der Waals surface area contributed by atoms with Gasteiger partial charge in [0.25, 0.3) is 0 Å². The predicted molar refractivity (Wildman–Crippen MR) is 151 cm³/mol. The normalized spacial score (nSPS) is 12.7. The molecule has 0 radical (unpaired) electrons. The summed E-state index contributed by atoms with van der Waals surface area (Å²) >= 11 is 3.32. The van der Waals surface area contributed by atoms with Crippen molar-refractivity contribution in [1.29, 1.82) is 0 Å². The topological polar surface area (TPSA) is 58.2 Å². The summed E-state index contributed by atoms with van der Waals surface area (Å²) in [6.07, 6.45) is 4.32. The number of hydrogen-bond donors (Lipinski definition) is 2. The Morgan fingerprint density at radius 3 is 1.35 bits per heavy atom. The van der Waals surface area contributed by atoms with Crippen molar-refractivity contribution < 1.29 is 9.59 Å². The third-order valence-electron chi connectivity index (χ3n) is 6.05. The van der Waals surface area contributed by atoms with Gasteiger partial charge in [0.1, 0.15) is 0 Å². The second-order valence-electron chi connectivity index (χ2n) is 8.77. The lowest BCUT2D eigenvalue weighted by Gasteiger charge is -2.10. The summed E-state index contributed by atoms with van der Waals surface area (Å²) in [5, 5.41) is 5.95. The van der Waals surface area contributed by atoms with E-state index in [2.05, 4.69) is 62.6 Å². The Hall–Kier alpha value is -1.92. The molecule has 0 aromatic heterocycles. The van der Waals surface area contributed by atoms with E-state index in [1.54, 1.807) is 23.5 Å². The average Bonchev–Trinajstić information content (AvgIpc) is 2.85. The van der Waals surface area contributed by atoms with Crippen LogP contribution in [-0.4, -0.2) is 34.8 Å². The lowest BCUT2D eigenvalue weighted by Crippen LogP contribution is -2.14. The summed E-state index contributed by atoms with van der Waals surface area (Å²) in [7, 11) is 0. The first kappa shape index (κ1) is 28.3. The zero-order valence-corrected chi connectivity index (χ0v) is 22.7. The van der Waals surface area contributed by atoms with E-state index in [-0.39, 0.29) is 11.8 Å². The van der Waals surface area contributed by atoms with Crippen LogP contribution in [0.25, 0.3) is 0 Å². The highest BCUT2D eigenvalue weighted by Gasteiger charge is 2.07. The molecule has 0 aliphatic carbocycles. The molecule has 4 nitrogen and oxygen atoms in total. The van der Waals surface area contributed by atoms with Crippen LogP contribution in [0.5, 0.6) is 0 Å². The summed E-state index contributed by atoms with van der Waals surface area (Å²) < 4.78 is 0. The molecule has 0 heterocycles. The zero-order chi connectivity index (χ0) is 24.8. The molecular formula is C28H40N2O2S2. The number of thioether (sulfide) groups is 2. The molecule has 0 unspecified atom stereocenters. The SMILES string of the molecule is CC[C@@H](C)c1ccc(NC(=O)CSCCCCSCC(=O)Nc2ccc([C@H](C)CC)cc2)cc1. The Morgan fingerprint density at radius 2 is 1.03 bits per heavy atom. The van der Waals surface area contributed by atoms with Gasteiger partial charge < -0.3 is 10.6 Å². The van der Waals surface area contributed by atoms with Gasteiger partial charge in [0.05, 0.1) is 11.5 Å². The monoisotopic (exact) mass is 500 g/mol. The van der Waals surface area contributed by atoms with Crippen LogP contribution in [0.4, 0.5) is 11.4 Å². The van der Waals surface area contributed by atoms with Crippen molar-refractivity contribution in [2.75, 3.05) is 33.6 Å². The fourth-order valence-corrected chi connectivity index (χ4v) is 5.01. The Labute approximate surface area is 214 Å². The molecule has 2 N–H and O–H groups in total. The van der Waals surface area contributed by atoms with Gasteiger partial charge in [0.15, 0.2) is 0 Å². The van der Waals surface area contributed by atoms with Crippen molar-refractivity contribution in [1.82, 2.24) is 0 Å². The molecule has 2 amide bonds. The van der Waals surface area contributed by atoms with Gasteiger partial charge in [-0.3, -0.25) is 9.59 Å². The highest BCUT2D eigenvalue weighted by atomic mass is 32.2. The van der Waals surface area contributed by atoms with E-state index in [0.29, 0.717) is 23.3 Å². The molecule has 34 heavy (non-hydrogen) atoms. The number of hydrogen-bond acceptors (Lipinski definition) is 4.